The third kappa shape index (κ3) is 8.38. The van der Waals surface area contributed by atoms with Crippen molar-refractivity contribution >= 4 is 0 Å². The van der Waals surface area contributed by atoms with E-state index in [1.165, 1.54) is 36.8 Å². The van der Waals surface area contributed by atoms with Crippen LogP contribution in [0.1, 0.15) is 74.7 Å². The van der Waals surface area contributed by atoms with E-state index < -0.39 is 0 Å². The second-order valence-corrected chi connectivity index (χ2v) is 8.86. The standard InChI is InChI=1S/C23H31NO3.C4H8/c1-17-11-13-19(14-12-17)15-25-16-21-9-6-10-22(26-21)27-23(18(2)24)20-7-4-3-5-8-20;1-2-4-3-1/h3-5,7-8,11-14,18,21-23H,6,9-10,15-16,24H2,1-2H3;1-4H2. The van der Waals surface area contributed by atoms with E-state index in [0.29, 0.717) is 13.2 Å². The van der Waals surface area contributed by atoms with Gasteiger partial charge in [-0.2, -0.15) is 0 Å². The first-order valence-electron chi connectivity index (χ1n) is 11.9. The van der Waals surface area contributed by atoms with Crippen molar-refractivity contribution in [2.45, 2.75) is 89.9 Å². The van der Waals surface area contributed by atoms with Crippen LogP contribution in [0.3, 0.4) is 0 Å². The number of hydrogen-bond acceptors (Lipinski definition) is 4. The van der Waals surface area contributed by atoms with Gasteiger partial charge in [-0.25, -0.2) is 0 Å². The molecular weight excluding hydrogens is 386 g/mol. The molecule has 1 heterocycles. The Morgan fingerprint density at radius 1 is 0.935 bits per heavy atom. The van der Waals surface area contributed by atoms with E-state index in [2.05, 4.69) is 43.3 Å². The summed E-state index contributed by atoms with van der Waals surface area (Å²) in [4.78, 5) is 0. The fraction of sp³-hybridized carbons (Fsp3) is 0.556. The van der Waals surface area contributed by atoms with Gasteiger partial charge in [0, 0.05) is 6.04 Å². The van der Waals surface area contributed by atoms with Crippen molar-refractivity contribution in [2.75, 3.05) is 6.61 Å². The zero-order chi connectivity index (χ0) is 21.9. The molecule has 0 aromatic heterocycles. The van der Waals surface area contributed by atoms with Crippen LogP contribution in [0.5, 0.6) is 0 Å². The molecule has 2 aromatic rings. The molecule has 1 aliphatic heterocycles. The van der Waals surface area contributed by atoms with Crippen LogP contribution in [-0.4, -0.2) is 25.0 Å². The van der Waals surface area contributed by atoms with E-state index in [1.54, 1.807) is 0 Å². The summed E-state index contributed by atoms with van der Waals surface area (Å²) >= 11 is 0. The SMILES string of the molecule is C1CCC1.Cc1ccc(COCC2CCCC(OC(c3ccccc3)C(C)N)O2)cc1. The number of aryl methyl sites for hydroxylation is 1. The van der Waals surface area contributed by atoms with E-state index in [1.807, 2.05) is 25.1 Å². The fourth-order valence-corrected chi connectivity index (χ4v) is 3.64. The molecule has 170 valence electrons. The summed E-state index contributed by atoms with van der Waals surface area (Å²) in [5.41, 5.74) is 9.71. The van der Waals surface area contributed by atoms with Gasteiger partial charge in [0.25, 0.3) is 0 Å². The molecule has 4 rings (SSSR count). The lowest BCUT2D eigenvalue weighted by molar-refractivity contribution is -0.228. The second kappa shape index (κ2) is 13.0. The number of ether oxygens (including phenoxy) is 3. The summed E-state index contributed by atoms with van der Waals surface area (Å²) in [6.45, 7) is 5.26. The molecule has 0 spiro atoms. The molecule has 0 radical (unpaired) electrons. The highest BCUT2D eigenvalue weighted by atomic mass is 16.7. The minimum Gasteiger partial charge on any atom is -0.374 e. The molecule has 0 amide bonds. The Balaban J connectivity index is 0.000000610. The fourth-order valence-electron chi connectivity index (χ4n) is 3.64. The quantitative estimate of drug-likeness (QED) is 0.557. The molecule has 4 atom stereocenters. The first-order chi connectivity index (χ1) is 15.1. The molecule has 2 aromatic carbocycles. The van der Waals surface area contributed by atoms with Crippen molar-refractivity contribution < 1.29 is 14.2 Å². The maximum atomic E-state index is 6.24. The highest BCUT2D eigenvalue weighted by Crippen LogP contribution is 2.28. The van der Waals surface area contributed by atoms with Crippen LogP contribution in [0, 0.1) is 6.92 Å². The normalized spacial score (nSPS) is 22.5. The van der Waals surface area contributed by atoms with Gasteiger partial charge >= 0.3 is 0 Å². The third-order valence-corrected chi connectivity index (χ3v) is 5.91. The molecule has 0 bridgehead atoms. The van der Waals surface area contributed by atoms with E-state index in [-0.39, 0.29) is 24.5 Å². The van der Waals surface area contributed by atoms with E-state index >= 15 is 0 Å². The highest BCUT2D eigenvalue weighted by Gasteiger charge is 2.28. The summed E-state index contributed by atoms with van der Waals surface area (Å²) in [5.74, 6) is 0. The molecule has 1 saturated heterocycles. The predicted octanol–water partition coefficient (Wildman–Crippen LogP) is 6.07. The van der Waals surface area contributed by atoms with Gasteiger partial charge in [-0.15, -0.1) is 0 Å². The molecule has 2 aliphatic rings. The van der Waals surface area contributed by atoms with Gasteiger partial charge in [-0.05, 0) is 44.2 Å². The van der Waals surface area contributed by atoms with Crippen LogP contribution in [0.25, 0.3) is 0 Å². The minimum absolute atomic E-state index is 0.0682. The Morgan fingerprint density at radius 3 is 2.23 bits per heavy atom. The molecule has 4 heteroatoms. The van der Waals surface area contributed by atoms with Crippen molar-refractivity contribution in [1.29, 1.82) is 0 Å². The second-order valence-electron chi connectivity index (χ2n) is 8.86. The summed E-state index contributed by atoms with van der Waals surface area (Å²) in [6, 6.07) is 18.5. The van der Waals surface area contributed by atoms with Crippen molar-refractivity contribution in [2.24, 2.45) is 5.73 Å². The van der Waals surface area contributed by atoms with Crippen LogP contribution in [-0.2, 0) is 20.8 Å². The average Bonchev–Trinajstić information content (AvgIpc) is 2.73. The Labute approximate surface area is 188 Å². The molecule has 4 nitrogen and oxygen atoms in total. The molecule has 2 fully saturated rings. The van der Waals surface area contributed by atoms with Crippen molar-refractivity contribution in [3.63, 3.8) is 0 Å². The highest BCUT2D eigenvalue weighted by molar-refractivity contribution is 5.20. The lowest BCUT2D eigenvalue weighted by Gasteiger charge is -2.33. The third-order valence-electron chi connectivity index (χ3n) is 5.91. The zero-order valence-corrected chi connectivity index (χ0v) is 19.2. The summed E-state index contributed by atoms with van der Waals surface area (Å²) in [5, 5.41) is 0. The van der Waals surface area contributed by atoms with E-state index in [0.717, 1.165) is 24.8 Å². The Hall–Kier alpha value is -1.72. The lowest BCUT2D eigenvalue weighted by atomic mass is 10.0. The van der Waals surface area contributed by atoms with Crippen molar-refractivity contribution in [1.82, 2.24) is 0 Å². The first kappa shape index (κ1) is 23.9. The average molecular weight is 426 g/mol. The number of benzene rings is 2. The maximum absolute atomic E-state index is 6.24. The van der Waals surface area contributed by atoms with Crippen LogP contribution in [0.2, 0.25) is 0 Å². The van der Waals surface area contributed by atoms with Crippen LogP contribution >= 0.6 is 0 Å². The Kier molecular flexibility index (Phi) is 10.0. The van der Waals surface area contributed by atoms with Crippen molar-refractivity contribution in [3.8, 4) is 0 Å². The van der Waals surface area contributed by atoms with Gasteiger partial charge < -0.3 is 19.9 Å². The largest absolute Gasteiger partial charge is 0.374 e. The lowest BCUT2D eigenvalue weighted by Crippen LogP contribution is -2.37. The number of hydrogen-bond donors (Lipinski definition) is 1. The van der Waals surface area contributed by atoms with Gasteiger partial charge in [0.15, 0.2) is 6.29 Å². The van der Waals surface area contributed by atoms with E-state index in [4.69, 9.17) is 19.9 Å². The Bertz CT molecular complexity index is 724. The molecule has 31 heavy (non-hydrogen) atoms. The zero-order valence-electron chi connectivity index (χ0n) is 19.2. The predicted molar refractivity (Wildman–Crippen MR) is 126 cm³/mol. The summed E-state index contributed by atoms with van der Waals surface area (Å²) < 4.78 is 18.3. The van der Waals surface area contributed by atoms with Gasteiger partial charge in [-0.3, -0.25) is 0 Å². The van der Waals surface area contributed by atoms with Crippen molar-refractivity contribution in [3.05, 3.63) is 71.3 Å². The minimum atomic E-state index is -0.233. The number of rotatable bonds is 8. The topological polar surface area (TPSA) is 53.7 Å². The smallest absolute Gasteiger partial charge is 0.158 e. The molecule has 1 aliphatic carbocycles. The van der Waals surface area contributed by atoms with Crippen LogP contribution in [0.4, 0.5) is 0 Å². The number of nitrogens with two attached hydrogens (primary N) is 1. The van der Waals surface area contributed by atoms with Crippen LogP contribution in [0.15, 0.2) is 54.6 Å². The van der Waals surface area contributed by atoms with Gasteiger partial charge in [-0.1, -0.05) is 85.8 Å². The van der Waals surface area contributed by atoms with Gasteiger partial charge in [0.05, 0.1) is 19.3 Å². The van der Waals surface area contributed by atoms with E-state index in [9.17, 15) is 0 Å². The van der Waals surface area contributed by atoms with Gasteiger partial charge in [0.2, 0.25) is 0 Å². The maximum Gasteiger partial charge on any atom is 0.158 e. The van der Waals surface area contributed by atoms with Gasteiger partial charge in [0.1, 0.15) is 6.10 Å². The first-order valence-corrected chi connectivity index (χ1v) is 11.9. The summed E-state index contributed by atoms with van der Waals surface area (Å²) in [6.07, 6.45) is 8.64. The molecule has 2 N–H and O–H groups in total. The molecule has 4 unspecified atom stereocenters. The Morgan fingerprint density at radius 2 is 1.61 bits per heavy atom. The summed E-state index contributed by atoms with van der Waals surface area (Å²) in [7, 11) is 0. The van der Waals surface area contributed by atoms with Crippen LogP contribution < -0.4 is 5.73 Å². The monoisotopic (exact) mass is 425 g/mol. The molecule has 1 saturated carbocycles. The molecular formula is C27H39NO3.